The third kappa shape index (κ3) is 15.0. The third-order valence-corrected chi connectivity index (χ3v) is 5.57. The van der Waals surface area contributed by atoms with Crippen molar-refractivity contribution in [1.29, 1.82) is 0 Å². The molecular weight excluding hydrogens is 372 g/mol. The monoisotopic (exact) mass is 400 g/mol. The Labute approximate surface area is 146 Å². The highest BCUT2D eigenvalue weighted by molar-refractivity contribution is 7.81. The summed E-state index contributed by atoms with van der Waals surface area (Å²) in [5.41, 5.74) is 0. The van der Waals surface area contributed by atoms with Crippen LogP contribution < -0.4 is 0 Å². The van der Waals surface area contributed by atoms with Crippen LogP contribution in [0.1, 0.15) is 55.4 Å². The van der Waals surface area contributed by atoms with E-state index in [2.05, 4.69) is 64.7 Å². The van der Waals surface area contributed by atoms with E-state index in [0.717, 1.165) is 0 Å². The molecule has 0 heterocycles. The van der Waals surface area contributed by atoms with E-state index >= 15 is 0 Å². The number of halogens is 4. The Bertz CT molecular complexity index is 208. The van der Waals surface area contributed by atoms with Crippen LogP contribution in [0.25, 0.3) is 0 Å². The second-order valence-corrected chi connectivity index (χ2v) is 20.2. The maximum absolute atomic E-state index is 4.99. The van der Waals surface area contributed by atoms with Gasteiger partial charge in [-0.15, -0.1) is 0 Å². The molecule has 0 atom stereocenters. The molecule has 0 aromatic rings. The van der Waals surface area contributed by atoms with Crippen molar-refractivity contribution in [3.05, 3.63) is 0 Å². The van der Waals surface area contributed by atoms with Crippen LogP contribution in [0.3, 0.4) is 0 Å². The van der Waals surface area contributed by atoms with E-state index in [9.17, 15) is 0 Å². The lowest BCUT2D eigenvalue weighted by atomic mass is 10.3. The Hall–Kier alpha value is 2.04. The summed E-state index contributed by atoms with van der Waals surface area (Å²) in [5.74, 6) is 0. The minimum atomic E-state index is -2.94. The van der Waals surface area contributed by atoms with Crippen molar-refractivity contribution >= 4 is 58.5 Å². The van der Waals surface area contributed by atoms with Crippen LogP contribution >= 0.6 is 49.1 Å². The Balaban J connectivity index is 0. The predicted molar refractivity (Wildman–Crippen MR) is 103 cm³/mol. The van der Waals surface area contributed by atoms with Crippen molar-refractivity contribution in [2.45, 2.75) is 79.6 Å². The highest BCUT2D eigenvalue weighted by atomic mass is 35.9. The fraction of sp³-hybridized carbons (Fsp3) is 1.00. The van der Waals surface area contributed by atoms with E-state index in [1.807, 2.05) is 0 Å². The third-order valence-electron chi connectivity index (χ3n) is 2.65. The highest BCUT2D eigenvalue weighted by Crippen LogP contribution is 2.32. The Morgan fingerprint density at radius 3 is 0.850 bits per heavy atom. The lowest BCUT2D eigenvalue weighted by Crippen LogP contribution is -2.38. The van der Waals surface area contributed by atoms with Gasteiger partial charge < -0.3 is 40.2 Å². The van der Waals surface area contributed by atoms with Crippen molar-refractivity contribution in [2.24, 2.45) is 0 Å². The van der Waals surface area contributed by atoms with Gasteiger partial charge in [-0.25, -0.2) is 0 Å². The lowest BCUT2D eigenvalue weighted by molar-refractivity contribution is 0.267. The summed E-state index contributed by atoms with van der Waals surface area (Å²) in [6.45, 7) is 18.4. The molecule has 124 valence electrons. The summed E-state index contributed by atoms with van der Waals surface area (Å²) in [4.78, 5) is 0. The van der Waals surface area contributed by atoms with Gasteiger partial charge in [0.2, 0.25) is 0 Å². The number of hydrogen-bond donors (Lipinski definition) is 0. The van der Waals surface area contributed by atoms with E-state index in [0.29, 0.717) is 24.2 Å². The summed E-state index contributed by atoms with van der Waals surface area (Å²) < 4.78 is 5.25. The topological polar surface area (TPSA) is 6.48 Å². The maximum Gasteiger partial charge on any atom is 0.564 e. The molecule has 0 aromatic heterocycles. The molecule has 0 amide bonds. The van der Waals surface area contributed by atoms with Crippen molar-refractivity contribution in [3.8, 4) is 0 Å². The van der Waals surface area contributed by atoms with E-state index in [-0.39, 0.29) is 8.88 Å². The molecule has 0 aromatic carbocycles. The minimum Gasteiger partial charge on any atom is -0.391 e. The van der Waals surface area contributed by atoms with Crippen molar-refractivity contribution in [2.75, 3.05) is 0 Å². The Kier molecular flexibility index (Phi) is 14.0. The first-order valence-electron chi connectivity index (χ1n) is 7.04. The van der Waals surface area contributed by atoms with E-state index in [1.165, 1.54) is 0 Å². The van der Waals surface area contributed by atoms with Crippen LogP contribution in [-0.4, -0.2) is 42.9 Å². The van der Waals surface area contributed by atoms with Gasteiger partial charge in [0.25, 0.3) is 0 Å². The number of rotatable bonds is 6. The van der Waals surface area contributed by atoms with Crippen LogP contribution in [0.15, 0.2) is 0 Å². The molecule has 0 bridgehead atoms. The maximum atomic E-state index is 4.99. The van der Waals surface area contributed by atoms with Gasteiger partial charge in [0, 0.05) is 24.2 Å². The SMILES string of the molecule is CC(C)N([PH2+]N(C(C)C)C(C)C)C(C)C.[Cl][Al-]([Cl])([Cl])[Cl]. The normalized spacial score (nSPS) is 12.9. The molecule has 8 heteroatoms. The Morgan fingerprint density at radius 2 is 0.750 bits per heavy atom. The molecule has 0 spiro atoms. The molecule has 0 rings (SSSR count). The molecule has 20 heavy (non-hydrogen) atoms. The molecular formula is C12H30AlCl4N2P. The van der Waals surface area contributed by atoms with Gasteiger partial charge in [-0.05, 0) is 55.4 Å². The zero-order valence-corrected chi connectivity index (χ0v) is 19.2. The minimum absolute atomic E-state index is 0.259. The molecule has 0 unspecified atom stereocenters. The molecule has 0 aliphatic rings. The van der Waals surface area contributed by atoms with Gasteiger partial charge in [0.05, 0.1) is 0 Å². The Morgan fingerprint density at radius 1 is 0.600 bits per heavy atom. The van der Waals surface area contributed by atoms with Crippen LogP contribution in [0, 0.1) is 0 Å². The zero-order chi connectivity index (χ0) is 16.7. The first kappa shape index (κ1) is 24.3. The van der Waals surface area contributed by atoms with Crippen molar-refractivity contribution in [1.82, 2.24) is 9.34 Å². The standard InChI is InChI=1S/C12H29N2P.Al.4ClH/c1-9(2)13(10(3)4)15-14(11(5)6)12(7)8;;;;;/h9-12,15H,1-8H3;;4*1H/q;+3;;;;/p-3. The first-order valence-corrected chi connectivity index (χ1v) is 15.1. The average molecular weight is 402 g/mol. The molecule has 0 N–H and O–H groups in total. The van der Waals surface area contributed by atoms with Gasteiger partial charge in [-0.3, -0.25) is 0 Å². The fourth-order valence-electron chi connectivity index (χ4n) is 1.88. The van der Waals surface area contributed by atoms with Crippen LogP contribution in [0.2, 0.25) is 0 Å². The average Bonchev–Trinajstić information content (AvgIpc) is 2.12. The summed E-state index contributed by atoms with van der Waals surface area (Å²) in [5, 5.41) is 0. The molecule has 0 aliphatic carbocycles. The first-order chi connectivity index (χ1) is 8.77. The molecule has 0 saturated carbocycles. The second-order valence-electron chi connectivity index (χ2n) is 5.88. The molecule has 0 fully saturated rings. The van der Waals surface area contributed by atoms with Crippen molar-refractivity contribution < 1.29 is 0 Å². The summed E-state index contributed by atoms with van der Waals surface area (Å²) in [7, 11) is 17.3. The predicted octanol–water partition coefficient (Wildman–Crippen LogP) is 5.84. The summed E-state index contributed by atoms with van der Waals surface area (Å²) in [6, 6.07) is 2.61. The van der Waals surface area contributed by atoms with Crippen LogP contribution in [-0.2, 0) is 0 Å². The summed E-state index contributed by atoms with van der Waals surface area (Å²) >= 11 is 0. The van der Waals surface area contributed by atoms with Crippen LogP contribution in [0.4, 0.5) is 0 Å². The van der Waals surface area contributed by atoms with E-state index in [4.69, 9.17) is 40.2 Å². The van der Waals surface area contributed by atoms with Crippen LogP contribution in [0.5, 0.6) is 0 Å². The smallest absolute Gasteiger partial charge is 0.391 e. The molecule has 0 saturated heterocycles. The second kappa shape index (κ2) is 11.6. The van der Waals surface area contributed by atoms with E-state index < -0.39 is 9.39 Å². The summed E-state index contributed by atoms with van der Waals surface area (Å²) in [6.07, 6.45) is 0. The van der Waals surface area contributed by atoms with Gasteiger partial charge in [0.1, 0.15) is 8.88 Å². The van der Waals surface area contributed by atoms with Gasteiger partial charge in [-0.1, -0.05) is 0 Å². The zero-order valence-electron chi connectivity index (χ0n) is 13.9. The number of hydrogen-bond acceptors (Lipinski definition) is 2. The van der Waals surface area contributed by atoms with Gasteiger partial charge in [0.15, 0.2) is 0 Å². The molecule has 2 nitrogen and oxygen atoms in total. The fourth-order valence-corrected chi connectivity index (χ4v) is 3.25. The molecule has 0 radical (unpaired) electrons. The van der Waals surface area contributed by atoms with Gasteiger partial charge >= 0.3 is 9.39 Å². The van der Waals surface area contributed by atoms with E-state index in [1.54, 1.807) is 0 Å². The van der Waals surface area contributed by atoms with Gasteiger partial charge in [-0.2, -0.15) is 9.34 Å². The largest absolute Gasteiger partial charge is 0.564 e. The molecule has 0 aliphatic heterocycles. The highest BCUT2D eigenvalue weighted by Gasteiger charge is 2.27. The van der Waals surface area contributed by atoms with Crippen molar-refractivity contribution in [3.63, 3.8) is 0 Å². The lowest BCUT2D eigenvalue weighted by Gasteiger charge is -2.32. The quantitative estimate of drug-likeness (QED) is 0.407. The number of nitrogens with zero attached hydrogens (tertiary/aromatic N) is 2.